The first-order valence-corrected chi connectivity index (χ1v) is 12.1. The molecule has 0 spiro atoms. The van der Waals surface area contributed by atoms with Gasteiger partial charge in [0.05, 0.1) is 16.9 Å². The lowest BCUT2D eigenvalue weighted by molar-refractivity contribution is 0.233. The number of piperazine rings is 1. The van der Waals surface area contributed by atoms with Gasteiger partial charge in [0.15, 0.2) is 0 Å². The molecule has 6 nitrogen and oxygen atoms in total. The number of rotatable bonds is 6. The lowest BCUT2D eigenvalue weighted by Crippen LogP contribution is -2.42. The van der Waals surface area contributed by atoms with Crippen LogP contribution in [0.2, 0.25) is 5.02 Å². The number of halogens is 2. The van der Waals surface area contributed by atoms with Crippen molar-refractivity contribution < 1.29 is 4.39 Å². The second-order valence-corrected chi connectivity index (χ2v) is 9.58. The fraction of sp³-hybridized carbons (Fsp3) is 0.308. The van der Waals surface area contributed by atoms with Crippen molar-refractivity contribution in [3.63, 3.8) is 0 Å². The van der Waals surface area contributed by atoms with E-state index in [0.29, 0.717) is 28.1 Å². The predicted octanol–water partition coefficient (Wildman–Crippen LogP) is 5.44. The molecule has 0 bridgehead atoms. The summed E-state index contributed by atoms with van der Waals surface area (Å²) < 4.78 is 13.6. The quantitative estimate of drug-likeness (QED) is 0.345. The zero-order valence-electron chi connectivity index (χ0n) is 18.7. The van der Waals surface area contributed by atoms with Crippen molar-refractivity contribution in [2.45, 2.75) is 25.3 Å². The third kappa shape index (κ3) is 4.51. The van der Waals surface area contributed by atoms with Crippen molar-refractivity contribution in [3.8, 4) is 11.3 Å². The molecule has 3 N–H and O–H groups in total. The lowest BCUT2D eigenvalue weighted by atomic mass is 10.0. The van der Waals surface area contributed by atoms with Gasteiger partial charge in [0.25, 0.3) is 0 Å². The molecule has 4 aromatic rings. The maximum atomic E-state index is 13.6. The molecule has 0 radical (unpaired) electrons. The van der Waals surface area contributed by atoms with E-state index in [9.17, 15) is 4.39 Å². The monoisotopic (exact) mass is 476 g/mol. The number of hydrogen-bond acceptors (Lipinski definition) is 5. The van der Waals surface area contributed by atoms with Gasteiger partial charge >= 0.3 is 0 Å². The highest BCUT2D eigenvalue weighted by Gasteiger charge is 2.25. The average molecular weight is 477 g/mol. The van der Waals surface area contributed by atoms with Gasteiger partial charge in [-0.3, -0.25) is 4.90 Å². The Morgan fingerprint density at radius 1 is 1.12 bits per heavy atom. The van der Waals surface area contributed by atoms with Crippen molar-refractivity contribution in [2.75, 3.05) is 31.5 Å². The molecule has 0 unspecified atom stereocenters. The van der Waals surface area contributed by atoms with Crippen LogP contribution in [0, 0.1) is 5.82 Å². The summed E-state index contributed by atoms with van der Waals surface area (Å²) in [5.41, 5.74) is 5.80. The minimum absolute atomic E-state index is 0.288. The molecule has 8 heteroatoms. The molecule has 6 rings (SSSR count). The summed E-state index contributed by atoms with van der Waals surface area (Å²) in [6, 6.07) is 11.4. The van der Waals surface area contributed by atoms with E-state index in [1.54, 1.807) is 18.5 Å². The molecule has 1 aliphatic carbocycles. The van der Waals surface area contributed by atoms with E-state index in [0.717, 1.165) is 49.4 Å². The number of nitrogens with one attached hydrogen (secondary N) is 3. The van der Waals surface area contributed by atoms with E-state index in [2.05, 4.69) is 43.7 Å². The number of hydrogen-bond donors (Lipinski definition) is 3. The van der Waals surface area contributed by atoms with Crippen LogP contribution in [0.1, 0.15) is 29.9 Å². The Kier molecular flexibility index (Phi) is 5.69. The van der Waals surface area contributed by atoms with Gasteiger partial charge in [0.2, 0.25) is 5.95 Å². The van der Waals surface area contributed by atoms with Gasteiger partial charge in [0, 0.05) is 61.1 Å². The van der Waals surface area contributed by atoms with E-state index < -0.39 is 0 Å². The van der Waals surface area contributed by atoms with Gasteiger partial charge in [0.1, 0.15) is 5.82 Å². The molecule has 2 fully saturated rings. The van der Waals surface area contributed by atoms with E-state index in [-0.39, 0.29) is 5.82 Å². The maximum Gasteiger partial charge on any atom is 0.227 e. The van der Waals surface area contributed by atoms with Crippen molar-refractivity contribution in [2.24, 2.45) is 0 Å². The zero-order valence-corrected chi connectivity index (χ0v) is 19.5. The lowest BCUT2D eigenvalue weighted by Gasteiger charge is -2.27. The van der Waals surface area contributed by atoms with Crippen LogP contribution in [0.25, 0.3) is 22.2 Å². The maximum absolute atomic E-state index is 13.6. The Morgan fingerprint density at radius 2 is 1.97 bits per heavy atom. The Labute approximate surface area is 202 Å². The van der Waals surface area contributed by atoms with Crippen molar-refractivity contribution in [1.29, 1.82) is 0 Å². The smallest absolute Gasteiger partial charge is 0.227 e. The molecule has 0 amide bonds. The van der Waals surface area contributed by atoms with E-state index >= 15 is 0 Å². The molecule has 2 aromatic heterocycles. The third-order valence-corrected chi connectivity index (χ3v) is 6.86. The SMILES string of the molecule is Fc1ccc2c(-c3nc(Nc4cc(CN5CCNCC5)cc(C5CC5)c4)ncc3Cl)c[nH]c2c1. The van der Waals surface area contributed by atoms with Crippen molar-refractivity contribution >= 4 is 34.1 Å². The number of aromatic amines is 1. The molecular weight excluding hydrogens is 451 g/mol. The average Bonchev–Trinajstić information content (AvgIpc) is 3.61. The standard InChI is InChI=1S/C26H26ClFN6/c27-23-14-31-26(33-25(23)22-13-30-24-12-19(28)3-4-21(22)24)32-20-10-16(9-18(11-20)17-1-2-17)15-34-7-5-29-6-8-34/h3-4,9-14,17,29-30H,1-2,5-8,15H2,(H,31,32,33). The van der Waals surface area contributed by atoms with Gasteiger partial charge in [-0.1, -0.05) is 17.7 Å². The Morgan fingerprint density at radius 3 is 2.79 bits per heavy atom. The molecule has 174 valence electrons. The number of fused-ring (bicyclic) bond motifs is 1. The van der Waals surface area contributed by atoms with Crippen LogP contribution in [-0.4, -0.2) is 46.0 Å². The first-order chi connectivity index (χ1) is 16.6. The first-order valence-electron chi connectivity index (χ1n) is 11.8. The normalized spacial score (nSPS) is 16.8. The zero-order chi connectivity index (χ0) is 23.1. The summed E-state index contributed by atoms with van der Waals surface area (Å²) in [6.07, 6.45) is 5.92. The molecule has 2 aromatic carbocycles. The van der Waals surface area contributed by atoms with Crippen LogP contribution >= 0.6 is 11.6 Å². The largest absolute Gasteiger partial charge is 0.360 e. The Balaban J connectivity index is 1.31. The molecule has 3 heterocycles. The molecule has 0 atom stereocenters. The minimum Gasteiger partial charge on any atom is -0.360 e. The number of anilines is 2. The highest BCUT2D eigenvalue weighted by Crippen LogP contribution is 2.41. The van der Waals surface area contributed by atoms with Gasteiger partial charge < -0.3 is 15.6 Å². The summed E-state index contributed by atoms with van der Waals surface area (Å²) in [7, 11) is 0. The van der Waals surface area contributed by atoms with Crippen LogP contribution in [0.15, 0.2) is 48.8 Å². The number of nitrogens with zero attached hydrogens (tertiary/aromatic N) is 3. The van der Waals surface area contributed by atoms with E-state index in [1.807, 2.05) is 0 Å². The second-order valence-electron chi connectivity index (χ2n) is 9.17. The molecule has 1 saturated carbocycles. The summed E-state index contributed by atoms with van der Waals surface area (Å²) in [5.74, 6) is 0.845. The summed E-state index contributed by atoms with van der Waals surface area (Å²) >= 11 is 6.48. The number of H-pyrrole nitrogens is 1. The second kappa shape index (κ2) is 8.98. The van der Waals surface area contributed by atoms with Crippen molar-refractivity contribution in [3.05, 3.63) is 70.8 Å². The third-order valence-electron chi connectivity index (χ3n) is 6.58. The van der Waals surface area contributed by atoms with Crippen molar-refractivity contribution in [1.82, 2.24) is 25.2 Å². The molecule has 1 saturated heterocycles. The van der Waals surface area contributed by atoms with Crippen LogP contribution < -0.4 is 10.6 Å². The molecule has 2 aliphatic rings. The van der Waals surface area contributed by atoms with E-state index in [1.165, 1.54) is 36.1 Å². The highest BCUT2D eigenvalue weighted by molar-refractivity contribution is 6.33. The number of benzene rings is 2. The summed E-state index contributed by atoms with van der Waals surface area (Å²) in [4.78, 5) is 14.8. The Hall–Kier alpha value is -3.00. The van der Waals surface area contributed by atoms with E-state index in [4.69, 9.17) is 16.6 Å². The van der Waals surface area contributed by atoms with Crippen LogP contribution in [0.4, 0.5) is 16.0 Å². The van der Waals surface area contributed by atoms with Crippen LogP contribution in [0.3, 0.4) is 0 Å². The van der Waals surface area contributed by atoms with Gasteiger partial charge in [-0.2, -0.15) is 0 Å². The topological polar surface area (TPSA) is 68.9 Å². The molecular formula is C26H26ClFN6. The van der Waals surface area contributed by atoms with Gasteiger partial charge in [-0.15, -0.1) is 0 Å². The fourth-order valence-corrected chi connectivity index (χ4v) is 4.89. The van der Waals surface area contributed by atoms with Gasteiger partial charge in [-0.25, -0.2) is 14.4 Å². The fourth-order valence-electron chi connectivity index (χ4n) is 4.70. The van der Waals surface area contributed by atoms with Crippen LogP contribution in [0.5, 0.6) is 0 Å². The predicted molar refractivity (Wildman–Crippen MR) is 134 cm³/mol. The van der Waals surface area contributed by atoms with Crippen LogP contribution in [-0.2, 0) is 6.54 Å². The summed E-state index contributed by atoms with van der Waals surface area (Å²) in [6.45, 7) is 5.14. The summed E-state index contributed by atoms with van der Waals surface area (Å²) in [5, 5.41) is 8.14. The number of aromatic nitrogens is 3. The molecule has 1 aliphatic heterocycles. The molecule has 34 heavy (non-hydrogen) atoms. The minimum atomic E-state index is -0.288. The highest BCUT2D eigenvalue weighted by atomic mass is 35.5. The van der Waals surface area contributed by atoms with Gasteiger partial charge in [-0.05, 0) is 60.2 Å². The Bertz CT molecular complexity index is 1340. The first kappa shape index (κ1) is 21.5.